The van der Waals surface area contributed by atoms with Crippen LogP contribution >= 0.6 is 38.9 Å². The summed E-state index contributed by atoms with van der Waals surface area (Å²) in [5, 5.41) is 9.79. The van der Waals surface area contributed by atoms with Crippen LogP contribution in [0.25, 0.3) is 10.6 Å². The number of nitriles is 1. The Morgan fingerprint density at radius 2 is 2.00 bits per heavy atom. The molecule has 1 nitrogen and oxygen atoms in total. The second-order valence-electron chi connectivity index (χ2n) is 3.73. The minimum atomic E-state index is 0.502. The third-order valence-electron chi connectivity index (χ3n) is 2.47. The van der Waals surface area contributed by atoms with Crippen molar-refractivity contribution in [1.29, 1.82) is 5.26 Å². The lowest BCUT2D eigenvalue weighted by molar-refractivity contribution is 1.51. The van der Waals surface area contributed by atoms with Gasteiger partial charge in [-0.2, -0.15) is 5.26 Å². The largest absolute Gasteiger partial charge is 0.192 e. The van der Waals surface area contributed by atoms with E-state index >= 15 is 0 Å². The van der Waals surface area contributed by atoms with Crippen molar-refractivity contribution < 1.29 is 0 Å². The van der Waals surface area contributed by atoms with E-state index in [0.29, 0.717) is 10.6 Å². The number of thiophene rings is 1. The molecule has 0 bridgehead atoms. The number of aryl methyl sites for hydroxylation is 1. The van der Waals surface area contributed by atoms with Gasteiger partial charge in [0, 0.05) is 4.88 Å². The number of hydrogen-bond donors (Lipinski definition) is 0. The van der Waals surface area contributed by atoms with Crippen LogP contribution in [0.4, 0.5) is 0 Å². The van der Waals surface area contributed by atoms with Gasteiger partial charge in [0.05, 0.1) is 14.4 Å². The van der Waals surface area contributed by atoms with Crippen molar-refractivity contribution in [1.82, 2.24) is 0 Å². The van der Waals surface area contributed by atoms with Crippen molar-refractivity contribution in [3.05, 3.63) is 56.2 Å². The summed E-state index contributed by atoms with van der Waals surface area (Å²) < 4.78 is 1.04. The molecule has 0 aliphatic heterocycles. The highest BCUT2D eigenvalue weighted by Gasteiger charge is 2.12. The zero-order valence-corrected chi connectivity index (χ0v) is 12.7. The Kier molecular flexibility index (Phi) is 4.23. The molecule has 90 valence electrons. The second-order valence-corrected chi connectivity index (χ2v) is 6.48. The topological polar surface area (TPSA) is 23.8 Å². The summed E-state index contributed by atoms with van der Waals surface area (Å²) in [6, 6.07) is 13.6. The highest BCUT2D eigenvalue weighted by Crippen LogP contribution is 2.37. The van der Waals surface area contributed by atoms with Crippen molar-refractivity contribution in [3.63, 3.8) is 0 Å². The van der Waals surface area contributed by atoms with Crippen LogP contribution in [-0.4, -0.2) is 0 Å². The van der Waals surface area contributed by atoms with Crippen LogP contribution in [0, 0.1) is 18.3 Å². The predicted molar refractivity (Wildman–Crippen MR) is 81.5 cm³/mol. The zero-order chi connectivity index (χ0) is 13.1. The predicted octanol–water partition coefficient (Wildman–Crippen LogP) is 5.45. The molecule has 18 heavy (non-hydrogen) atoms. The lowest BCUT2D eigenvalue weighted by atomic mass is 10.1. The molecule has 0 radical (unpaired) electrons. The smallest absolute Gasteiger partial charge is 0.101 e. The van der Waals surface area contributed by atoms with Crippen LogP contribution in [-0.2, 0) is 0 Å². The van der Waals surface area contributed by atoms with Gasteiger partial charge in [0.1, 0.15) is 6.07 Å². The first kappa shape index (κ1) is 13.4. The lowest BCUT2D eigenvalue weighted by Gasteiger charge is -2.01. The average molecular weight is 339 g/mol. The van der Waals surface area contributed by atoms with E-state index in [0.717, 1.165) is 19.8 Å². The normalized spacial score (nSPS) is 11.9. The van der Waals surface area contributed by atoms with Gasteiger partial charge in [0.15, 0.2) is 0 Å². The van der Waals surface area contributed by atoms with Gasteiger partial charge in [0.25, 0.3) is 0 Å². The summed E-state index contributed by atoms with van der Waals surface area (Å²) in [7, 11) is 0. The molecule has 4 heteroatoms. The van der Waals surface area contributed by atoms with Gasteiger partial charge in [-0.3, -0.25) is 0 Å². The van der Waals surface area contributed by atoms with Crippen molar-refractivity contribution in [2.45, 2.75) is 6.92 Å². The maximum atomic E-state index is 9.29. The van der Waals surface area contributed by atoms with Gasteiger partial charge < -0.3 is 0 Å². The molecule has 2 rings (SSSR count). The van der Waals surface area contributed by atoms with E-state index in [4.69, 9.17) is 11.6 Å². The third kappa shape index (κ3) is 2.67. The van der Waals surface area contributed by atoms with Crippen molar-refractivity contribution in [3.8, 4) is 6.07 Å². The van der Waals surface area contributed by atoms with Gasteiger partial charge in [-0.05, 0) is 40.0 Å². The molecule has 2 aromatic rings. The Hall–Kier alpha value is -1.08. The Morgan fingerprint density at radius 3 is 2.50 bits per heavy atom. The zero-order valence-electron chi connectivity index (χ0n) is 9.58. The fourth-order valence-electron chi connectivity index (χ4n) is 1.54. The van der Waals surface area contributed by atoms with Crippen LogP contribution < -0.4 is 0 Å². The van der Waals surface area contributed by atoms with E-state index in [-0.39, 0.29) is 0 Å². The first-order valence-corrected chi connectivity index (χ1v) is 7.24. The Morgan fingerprint density at radius 1 is 1.33 bits per heavy atom. The van der Waals surface area contributed by atoms with Crippen molar-refractivity contribution in [2.24, 2.45) is 0 Å². The van der Waals surface area contributed by atoms with Gasteiger partial charge in [-0.25, -0.2) is 0 Å². The van der Waals surface area contributed by atoms with Gasteiger partial charge in [-0.1, -0.05) is 41.9 Å². The minimum absolute atomic E-state index is 0.502. The molecule has 0 fully saturated rings. The molecule has 0 aliphatic rings. The van der Waals surface area contributed by atoms with E-state index in [1.165, 1.54) is 11.3 Å². The van der Waals surface area contributed by atoms with Crippen LogP contribution in [0.2, 0.25) is 0 Å². The van der Waals surface area contributed by atoms with Crippen molar-refractivity contribution >= 4 is 49.5 Å². The van der Waals surface area contributed by atoms with Crippen LogP contribution in [0.3, 0.4) is 0 Å². The number of hydrogen-bond acceptors (Lipinski definition) is 2. The molecule has 0 amide bonds. The number of nitrogens with zero attached hydrogens (tertiary/aromatic N) is 1. The first-order chi connectivity index (χ1) is 8.63. The van der Waals surface area contributed by atoms with Crippen LogP contribution in [0.15, 0.2) is 40.2 Å². The van der Waals surface area contributed by atoms with Crippen molar-refractivity contribution in [2.75, 3.05) is 0 Å². The second kappa shape index (κ2) is 5.71. The maximum absolute atomic E-state index is 9.29. The Balaban J connectivity index is 2.55. The lowest BCUT2D eigenvalue weighted by Crippen LogP contribution is -1.83. The highest BCUT2D eigenvalue weighted by molar-refractivity contribution is 9.11. The molecule has 0 saturated carbocycles. The first-order valence-electron chi connectivity index (χ1n) is 5.25. The highest BCUT2D eigenvalue weighted by atomic mass is 79.9. The summed E-state index contributed by atoms with van der Waals surface area (Å²) in [4.78, 5) is 0.904. The molecule has 0 saturated heterocycles. The Labute approximate surface area is 123 Å². The Bertz CT molecular complexity index is 618. The fraction of sp³-hybridized carbons (Fsp3) is 0.0714. The monoisotopic (exact) mass is 337 g/mol. The fourth-order valence-corrected chi connectivity index (χ4v) is 3.34. The van der Waals surface area contributed by atoms with E-state index in [2.05, 4.69) is 22.0 Å². The number of halogens is 2. The quantitative estimate of drug-likeness (QED) is 0.668. The van der Waals surface area contributed by atoms with Gasteiger partial charge in [-0.15, -0.1) is 11.3 Å². The molecule has 0 N–H and O–H groups in total. The van der Waals surface area contributed by atoms with E-state index < -0.39 is 0 Å². The molecule has 1 heterocycles. The van der Waals surface area contributed by atoms with Gasteiger partial charge in [0.2, 0.25) is 0 Å². The minimum Gasteiger partial charge on any atom is -0.192 e. The summed E-state index contributed by atoms with van der Waals surface area (Å²) in [5.41, 5.74) is 2.47. The summed E-state index contributed by atoms with van der Waals surface area (Å²) >= 11 is 11.3. The van der Waals surface area contributed by atoms with Crippen LogP contribution in [0.5, 0.6) is 0 Å². The maximum Gasteiger partial charge on any atom is 0.101 e. The van der Waals surface area contributed by atoms with E-state index in [1.807, 2.05) is 43.3 Å². The van der Waals surface area contributed by atoms with E-state index in [1.54, 1.807) is 0 Å². The number of benzene rings is 1. The molecule has 0 spiro atoms. The molecule has 0 aliphatic carbocycles. The SMILES string of the molecule is Cc1cc(C(Cl)=C(C#N)c2ccccc2)sc1Br. The molecule has 1 aromatic carbocycles. The third-order valence-corrected chi connectivity index (χ3v) is 5.13. The van der Waals surface area contributed by atoms with Gasteiger partial charge >= 0.3 is 0 Å². The summed E-state index contributed by atoms with van der Waals surface area (Å²) in [6.07, 6.45) is 0. The molecule has 0 unspecified atom stereocenters. The van der Waals surface area contributed by atoms with E-state index in [9.17, 15) is 5.26 Å². The summed E-state index contributed by atoms with van der Waals surface area (Å²) in [5.74, 6) is 0. The molecule has 1 aromatic heterocycles. The molecular weight excluding hydrogens is 330 g/mol. The molecule has 0 atom stereocenters. The van der Waals surface area contributed by atoms with Crippen LogP contribution in [0.1, 0.15) is 16.0 Å². The standard InChI is InChI=1S/C14H9BrClNS/c1-9-7-12(18-14(9)15)13(16)11(8-17)10-5-3-2-4-6-10/h2-7H,1H3. The molecular formula is C14H9BrClNS. The summed E-state index contributed by atoms with van der Waals surface area (Å²) in [6.45, 7) is 2.00. The number of rotatable bonds is 2. The average Bonchev–Trinajstić information content (AvgIpc) is 2.72. The number of allylic oxidation sites excluding steroid dienone is 1.